The number of benzene rings is 3. The maximum Gasteiger partial charge on any atom is 0.339 e. The molecular weight excluding hydrogens is 574 g/mol. The molecule has 3 aromatic rings. The molecule has 1 amide bonds. The van der Waals surface area contributed by atoms with Gasteiger partial charge in [0.25, 0.3) is 5.91 Å². The van der Waals surface area contributed by atoms with Gasteiger partial charge in [0, 0.05) is 5.69 Å². The van der Waals surface area contributed by atoms with E-state index in [-0.39, 0.29) is 28.6 Å². The first-order valence-electron chi connectivity index (χ1n) is 9.88. The third kappa shape index (κ3) is 6.33. The number of carbonyl (C=O) groups is 1. The lowest BCUT2D eigenvalue weighted by Crippen LogP contribution is -2.13. The molecule has 0 fully saturated rings. The fourth-order valence-electron chi connectivity index (χ4n) is 2.81. The third-order valence-electron chi connectivity index (χ3n) is 4.33. The molecule has 0 aliphatic carbocycles. The van der Waals surface area contributed by atoms with E-state index < -0.39 is 21.8 Å². The first kappa shape index (κ1) is 25.2. The highest BCUT2D eigenvalue weighted by Crippen LogP contribution is 2.37. The van der Waals surface area contributed by atoms with Crippen LogP contribution in [-0.4, -0.2) is 20.9 Å². The van der Waals surface area contributed by atoms with Crippen LogP contribution in [0.2, 0.25) is 0 Å². The van der Waals surface area contributed by atoms with Crippen molar-refractivity contribution in [2.75, 3.05) is 11.9 Å². The summed E-state index contributed by atoms with van der Waals surface area (Å²) in [5.41, 5.74) is 0.531. The first-order valence-corrected chi connectivity index (χ1v) is 12.4. The van der Waals surface area contributed by atoms with E-state index in [4.69, 9.17) is 8.92 Å². The molecular formula is C24H18FIN2O5S. The zero-order chi connectivity index (χ0) is 24.7. The van der Waals surface area contributed by atoms with Crippen LogP contribution >= 0.6 is 22.6 Å². The Morgan fingerprint density at radius 3 is 2.44 bits per heavy atom. The van der Waals surface area contributed by atoms with Crippen LogP contribution in [0.3, 0.4) is 0 Å². The second-order valence-electron chi connectivity index (χ2n) is 6.74. The maximum absolute atomic E-state index is 13.1. The van der Waals surface area contributed by atoms with Crippen LogP contribution in [0.25, 0.3) is 6.08 Å². The summed E-state index contributed by atoms with van der Waals surface area (Å²) in [6, 6.07) is 17.7. The van der Waals surface area contributed by atoms with Gasteiger partial charge in [-0.15, -0.1) is 0 Å². The number of hydrogen-bond acceptors (Lipinski definition) is 6. The lowest BCUT2D eigenvalue weighted by Gasteiger charge is -2.14. The van der Waals surface area contributed by atoms with E-state index in [0.29, 0.717) is 14.8 Å². The molecule has 7 nitrogen and oxygen atoms in total. The van der Waals surface area contributed by atoms with E-state index in [0.717, 1.165) is 0 Å². The molecule has 3 rings (SSSR count). The summed E-state index contributed by atoms with van der Waals surface area (Å²) in [6.45, 7) is 1.95. The van der Waals surface area contributed by atoms with Crippen LogP contribution in [0.1, 0.15) is 12.5 Å². The molecule has 0 aliphatic rings. The molecule has 0 unspecified atom stereocenters. The number of nitriles is 1. The number of rotatable bonds is 8. The number of nitrogens with zero attached hydrogens (tertiary/aromatic N) is 1. The summed E-state index contributed by atoms with van der Waals surface area (Å²) >= 11 is 1.89. The molecule has 0 saturated carbocycles. The zero-order valence-electron chi connectivity index (χ0n) is 17.8. The van der Waals surface area contributed by atoms with Gasteiger partial charge in [0.15, 0.2) is 11.5 Å². The normalized spacial score (nSPS) is 11.4. The average Bonchev–Trinajstić information content (AvgIpc) is 2.82. The van der Waals surface area contributed by atoms with Crippen molar-refractivity contribution in [1.29, 1.82) is 5.26 Å². The lowest BCUT2D eigenvalue weighted by atomic mass is 10.1. The van der Waals surface area contributed by atoms with E-state index in [9.17, 15) is 22.9 Å². The van der Waals surface area contributed by atoms with Gasteiger partial charge in [-0.3, -0.25) is 4.79 Å². The molecule has 0 saturated heterocycles. The fraction of sp³-hybridized carbons (Fsp3) is 0.0833. The van der Waals surface area contributed by atoms with Gasteiger partial charge < -0.3 is 14.2 Å². The molecule has 0 aliphatic heterocycles. The largest absolute Gasteiger partial charge is 0.490 e. The van der Waals surface area contributed by atoms with Gasteiger partial charge in [-0.1, -0.05) is 18.2 Å². The average molecular weight is 592 g/mol. The SMILES string of the molecule is CCOc1cc(/C=C(\C#N)C(=O)Nc2ccc(F)cc2)cc(I)c1OS(=O)(=O)c1ccccc1. The van der Waals surface area contributed by atoms with E-state index >= 15 is 0 Å². The summed E-state index contributed by atoms with van der Waals surface area (Å²) in [4.78, 5) is 12.5. The first-order chi connectivity index (χ1) is 16.2. The summed E-state index contributed by atoms with van der Waals surface area (Å²) in [5, 5.41) is 12.0. The van der Waals surface area contributed by atoms with E-state index in [1.165, 1.54) is 48.5 Å². The van der Waals surface area contributed by atoms with Crippen LogP contribution in [0.5, 0.6) is 11.5 Å². The van der Waals surface area contributed by atoms with Gasteiger partial charge in [-0.25, -0.2) is 4.39 Å². The van der Waals surface area contributed by atoms with E-state index in [2.05, 4.69) is 5.32 Å². The molecule has 0 heterocycles. The predicted molar refractivity (Wildman–Crippen MR) is 133 cm³/mol. The smallest absolute Gasteiger partial charge is 0.339 e. The van der Waals surface area contributed by atoms with Crippen LogP contribution in [0, 0.1) is 20.7 Å². The number of amides is 1. The van der Waals surface area contributed by atoms with Gasteiger partial charge in [0.05, 0.1) is 10.2 Å². The summed E-state index contributed by atoms with van der Waals surface area (Å²) in [6.07, 6.45) is 1.33. The van der Waals surface area contributed by atoms with Crippen LogP contribution in [0.15, 0.2) is 77.2 Å². The van der Waals surface area contributed by atoms with Crippen LogP contribution in [-0.2, 0) is 14.9 Å². The zero-order valence-corrected chi connectivity index (χ0v) is 20.8. The number of anilines is 1. The second kappa shape index (κ2) is 11.1. The van der Waals surface area contributed by atoms with Crippen molar-refractivity contribution in [2.24, 2.45) is 0 Å². The Balaban J connectivity index is 1.93. The predicted octanol–water partition coefficient (Wildman–Crippen LogP) is 5.14. The minimum atomic E-state index is -4.11. The third-order valence-corrected chi connectivity index (χ3v) is 6.37. The molecule has 0 radical (unpaired) electrons. The Hall–Kier alpha value is -3.43. The van der Waals surface area contributed by atoms with Crippen molar-refractivity contribution < 1.29 is 26.5 Å². The highest BCUT2D eigenvalue weighted by molar-refractivity contribution is 14.1. The lowest BCUT2D eigenvalue weighted by molar-refractivity contribution is -0.112. The second-order valence-corrected chi connectivity index (χ2v) is 9.45. The highest BCUT2D eigenvalue weighted by atomic mass is 127. The van der Waals surface area contributed by atoms with Gasteiger partial charge >= 0.3 is 10.1 Å². The minimum Gasteiger partial charge on any atom is -0.490 e. The fourth-order valence-corrected chi connectivity index (χ4v) is 4.67. The number of halogens is 2. The molecule has 34 heavy (non-hydrogen) atoms. The highest BCUT2D eigenvalue weighted by Gasteiger charge is 2.22. The van der Waals surface area contributed by atoms with Gasteiger partial charge in [0.1, 0.15) is 22.4 Å². The van der Waals surface area contributed by atoms with Gasteiger partial charge in [0.2, 0.25) is 0 Å². The summed E-state index contributed by atoms with van der Waals surface area (Å²) in [7, 11) is -4.11. The van der Waals surface area contributed by atoms with Crippen LogP contribution < -0.4 is 14.2 Å². The molecule has 0 spiro atoms. The molecule has 0 bridgehead atoms. The maximum atomic E-state index is 13.1. The van der Waals surface area contributed by atoms with Crippen molar-refractivity contribution in [3.63, 3.8) is 0 Å². The van der Waals surface area contributed by atoms with Gasteiger partial charge in [-0.05, 0) is 89.7 Å². The van der Waals surface area contributed by atoms with Crippen molar-refractivity contribution in [2.45, 2.75) is 11.8 Å². The Kier molecular flexibility index (Phi) is 8.25. The molecule has 174 valence electrons. The van der Waals surface area contributed by atoms with E-state index in [1.54, 1.807) is 31.2 Å². The Labute approximate surface area is 210 Å². The van der Waals surface area contributed by atoms with Crippen molar-refractivity contribution >= 4 is 50.4 Å². The topological polar surface area (TPSA) is 105 Å². The van der Waals surface area contributed by atoms with Crippen molar-refractivity contribution in [3.05, 3.63) is 87.3 Å². The Morgan fingerprint density at radius 1 is 1.15 bits per heavy atom. The molecule has 3 aromatic carbocycles. The quantitative estimate of drug-likeness (QED) is 0.168. The number of carbonyl (C=O) groups excluding carboxylic acids is 1. The Morgan fingerprint density at radius 2 is 1.82 bits per heavy atom. The summed E-state index contributed by atoms with van der Waals surface area (Å²) < 4.78 is 49.8. The molecule has 1 N–H and O–H groups in total. The molecule has 0 aromatic heterocycles. The summed E-state index contributed by atoms with van der Waals surface area (Å²) in [5.74, 6) is -1.01. The number of nitrogens with one attached hydrogen (secondary N) is 1. The van der Waals surface area contributed by atoms with E-state index in [1.807, 2.05) is 28.7 Å². The van der Waals surface area contributed by atoms with Crippen molar-refractivity contribution in [3.8, 4) is 17.6 Å². The standard InChI is InChI=1S/C24H18FIN2O5S/c1-2-32-22-14-16(12-17(15-27)24(29)28-19-10-8-18(25)9-11-19)13-21(26)23(22)33-34(30,31)20-6-4-3-5-7-20/h3-14H,2H2,1H3,(H,28,29)/b17-12+. The van der Waals surface area contributed by atoms with Crippen molar-refractivity contribution in [1.82, 2.24) is 0 Å². The minimum absolute atomic E-state index is 0.00211. The number of hydrogen-bond donors (Lipinski definition) is 1. The van der Waals surface area contributed by atoms with Crippen LogP contribution in [0.4, 0.5) is 10.1 Å². The Bertz CT molecular complexity index is 1370. The molecule has 0 atom stereocenters. The number of ether oxygens (including phenoxy) is 1. The van der Waals surface area contributed by atoms with Gasteiger partial charge in [-0.2, -0.15) is 13.7 Å². The monoisotopic (exact) mass is 592 g/mol. The molecule has 10 heteroatoms.